The van der Waals surface area contributed by atoms with Crippen molar-refractivity contribution in [1.82, 2.24) is 4.90 Å². The van der Waals surface area contributed by atoms with E-state index >= 15 is 0 Å². The van der Waals surface area contributed by atoms with Gasteiger partial charge in [-0.2, -0.15) is 0 Å². The summed E-state index contributed by atoms with van der Waals surface area (Å²) in [6, 6.07) is 15.1. The molecule has 2 aromatic rings. The van der Waals surface area contributed by atoms with Crippen LogP contribution in [0.15, 0.2) is 42.5 Å². The number of ketones is 2. The number of Topliss-reactive ketones (excluding diaryl/α,β-unsaturated/α-hetero) is 2. The van der Waals surface area contributed by atoms with Crippen LogP contribution in [0.25, 0.3) is 0 Å². The van der Waals surface area contributed by atoms with Gasteiger partial charge in [0.05, 0.1) is 0 Å². The van der Waals surface area contributed by atoms with Crippen molar-refractivity contribution < 1.29 is 14.3 Å². The number of rotatable bonds is 8. The van der Waals surface area contributed by atoms with Crippen LogP contribution in [0.5, 0.6) is 5.75 Å². The van der Waals surface area contributed by atoms with Crippen molar-refractivity contribution in [3.8, 4) is 5.75 Å². The Bertz CT molecular complexity index is 1130. The zero-order valence-corrected chi connectivity index (χ0v) is 23.6. The Morgan fingerprint density at radius 3 is 2.46 bits per heavy atom. The van der Waals surface area contributed by atoms with Gasteiger partial charge in [0.1, 0.15) is 18.1 Å². The number of nitrogens with zero attached hydrogens (tertiary/aromatic N) is 1. The van der Waals surface area contributed by atoms with Gasteiger partial charge in [0, 0.05) is 23.9 Å². The molecule has 0 heterocycles. The fraction of sp³-hybridized carbons (Fsp3) is 0.562. The van der Waals surface area contributed by atoms with Gasteiger partial charge in [-0.25, -0.2) is 0 Å². The van der Waals surface area contributed by atoms with E-state index in [2.05, 4.69) is 62.1 Å². The number of ether oxygens (including phenoxy) is 1. The van der Waals surface area contributed by atoms with Crippen molar-refractivity contribution >= 4 is 24.0 Å². The third-order valence-corrected chi connectivity index (χ3v) is 9.73. The number of halogens is 1. The van der Waals surface area contributed by atoms with Gasteiger partial charge in [-0.15, -0.1) is 12.4 Å². The first-order valence-corrected chi connectivity index (χ1v) is 14.0. The van der Waals surface area contributed by atoms with Gasteiger partial charge in [-0.05, 0) is 104 Å². The minimum Gasteiger partial charge on any atom is -0.492 e. The highest BCUT2D eigenvalue weighted by Gasteiger charge is 2.57. The first-order chi connectivity index (χ1) is 17.4. The molecule has 2 fully saturated rings. The molecule has 0 N–H and O–H groups in total. The lowest BCUT2D eigenvalue weighted by atomic mass is 9.51. The number of hydrogen-bond acceptors (Lipinski definition) is 4. The van der Waals surface area contributed by atoms with E-state index in [0.717, 1.165) is 63.1 Å². The van der Waals surface area contributed by atoms with Gasteiger partial charge in [0.2, 0.25) is 0 Å². The molecule has 37 heavy (non-hydrogen) atoms. The number of likely N-dealkylation sites (N-methyl/N-ethyl adjacent to an activating group) is 1. The summed E-state index contributed by atoms with van der Waals surface area (Å²) in [5.41, 5.74) is 4.64. The van der Waals surface area contributed by atoms with Crippen LogP contribution in [0.2, 0.25) is 0 Å². The first-order valence-electron chi connectivity index (χ1n) is 14.0. The normalized spacial score (nSPS) is 28.2. The van der Waals surface area contributed by atoms with Gasteiger partial charge in [0.25, 0.3) is 0 Å². The molecule has 0 aromatic heterocycles. The Hall–Kier alpha value is -2.17. The fourth-order valence-electron chi connectivity index (χ4n) is 7.67. The minimum absolute atomic E-state index is 0. The predicted octanol–water partition coefficient (Wildman–Crippen LogP) is 6.85. The maximum Gasteiger partial charge on any atom is 0.159 e. The third kappa shape index (κ3) is 5.12. The van der Waals surface area contributed by atoms with Gasteiger partial charge < -0.3 is 9.64 Å². The molecule has 5 atom stereocenters. The van der Waals surface area contributed by atoms with Crippen LogP contribution in [0.4, 0.5) is 0 Å². The van der Waals surface area contributed by atoms with Crippen LogP contribution < -0.4 is 4.74 Å². The molecule has 0 spiro atoms. The molecule has 0 aliphatic heterocycles. The predicted molar refractivity (Wildman–Crippen MR) is 151 cm³/mol. The van der Waals surface area contributed by atoms with Gasteiger partial charge >= 0.3 is 0 Å². The molecule has 2 saturated carbocycles. The lowest BCUT2D eigenvalue weighted by molar-refractivity contribution is -0.130. The second-order valence-electron chi connectivity index (χ2n) is 11.4. The highest BCUT2D eigenvalue weighted by Crippen LogP contribution is 2.64. The smallest absolute Gasteiger partial charge is 0.159 e. The number of hydrogen-bond donors (Lipinski definition) is 0. The maximum atomic E-state index is 13.2. The van der Waals surface area contributed by atoms with Gasteiger partial charge in [-0.1, -0.05) is 45.0 Å². The second-order valence-corrected chi connectivity index (χ2v) is 11.4. The van der Waals surface area contributed by atoms with Crippen molar-refractivity contribution in [2.75, 3.05) is 26.2 Å². The van der Waals surface area contributed by atoms with E-state index in [1.807, 2.05) is 6.07 Å². The number of carbonyl (C=O) groups excluding carboxylic acids is 2. The van der Waals surface area contributed by atoms with Crippen LogP contribution >= 0.6 is 12.4 Å². The molecule has 0 unspecified atom stereocenters. The summed E-state index contributed by atoms with van der Waals surface area (Å²) in [4.78, 5) is 27.6. The van der Waals surface area contributed by atoms with Crippen molar-refractivity contribution in [3.63, 3.8) is 0 Å². The zero-order chi connectivity index (χ0) is 25.4. The third-order valence-electron chi connectivity index (χ3n) is 9.73. The monoisotopic (exact) mass is 523 g/mol. The second kappa shape index (κ2) is 11.3. The summed E-state index contributed by atoms with van der Waals surface area (Å²) in [5, 5.41) is 0. The van der Waals surface area contributed by atoms with Crippen molar-refractivity contribution in [2.24, 2.45) is 17.3 Å². The summed E-state index contributed by atoms with van der Waals surface area (Å²) < 4.78 is 6.06. The largest absolute Gasteiger partial charge is 0.492 e. The van der Waals surface area contributed by atoms with E-state index in [-0.39, 0.29) is 23.6 Å². The van der Waals surface area contributed by atoms with Crippen molar-refractivity contribution in [1.29, 1.82) is 0 Å². The Kier molecular flexibility index (Phi) is 8.50. The van der Waals surface area contributed by atoms with E-state index < -0.39 is 0 Å². The molecule has 0 amide bonds. The molecule has 0 radical (unpaired) electrons. The first kappa shape index (κ1) is 27.9. The van der Waals surface area contributed by atoms with Crippen molar-refractivity contribution in [3.05, 3.63) is 64.7 Å². The molecule has 3 aliphatic carbocycles. The lowest BCUT2D eigenvalue weighted by Gasteiger charge is -2.52. The molecule has 2 aromatic carbocycles. The van der Waals surface area contributed by atoms with Crippen molar-refractivity contribution in [2.45, 2.75) is 71.6 Å². The van der Waals surface area contributed by atoms with E-state index in [0.29, 0.717) is 36.1 Å². The average molecular weight is 524 g/mol. The Morgan fingerprint density at radius 2 is 1.78 bits per heavy atom. The SMILES string of the molecule is CCN(CC)CCOc1ccc([C@H]2C[C@]3(C)C(=O)CC[C@H]3[C@@H]3CCc4cc(C(C)=O)ccc4[C@H]32)cc1.Cl. The standard InChI is InChI=1S/C32H41NO3.ClH/c1-5-33(6-2)17-18-36-25-11-7-22(8-12-25)28-20-32(4)29(15-16-30(32)35)27-14-10-24-19-23(21(3)34)9-13-26(24)31(27)28;/h7-9,11-13,19,27-29,31H,5-6,10,14-18,20H2,1-4H3;1H/t27-,28+,29-,31+,32-;/m0./s1. The molecular weight excluding hydrogens is 482 g/mol. The Labute approximate surface area is 228 Å². The van der Waals surface area contributed by atoms with Crippen LogP contribution in [0.1, 0.15) is 92.3 Å². The summed E-state index contributed by atoms with van der Waals surface area (Å²) in [5.74, 6) is 3.18. The highest BCUT2D eigenvalue weighted by atomic mass is 35.5. The molecular formula is C32H42ClNO3. The van der Waals surface area contributed by atoms with E-state index in [1.54, 1.807) is 6.92 Å². The summed E-state index contributed by atoms with van der Waals surface area (Å²) in [6.07, 6.45) is 4.78. The average Bonchev–Trinajstić information content (AvgIpc) is 3.20. The number of carbonyl (C=O) groups is 2. The van der Waals surface area contributed by atoms with Crippen LogP contribution in [-0.2, 0) is 11.2 Å². The minimum atomic E-state index is -0.221. The summed E-state index contributed by atoms with van der Waals surface area (Å²) >= 11 is 0. The molecule has 5 heteroatoms. The fourth-order valence-corrected chi connectivity index (χ4v) is 7.67. The van der Waals surface area contributed by atoms with Crippen LogP contribution in [0, 0.1) is 17.3 Å². The molecule has 200 valence electrons. The summed E-state index contributed by atoms with van der Waals surface area (Å²) in [7, 11) is 0. The lowest BCUT2D eigenvalue weighted by Crippen LogP contribution is -2.46. The molecule has 3 aliphatic rings. The van der Waals surface area contributed by atoms with Crippen LogP contribution in [-0.4, -0.2) is 42.7 Å². The Morgan fingerprint density at radius 1 is 1.05 bits per heavy atom. The van der Waals surface area contributed by atoms with E-state index in [1.165, 1.54) is 16.7 Å². The topological polar surface area (TPSA) is 46.6 Å². The summed E-state index contributed by atoms with van der Waals surface area (Å²) in [6.45, 7) is 12.0. The van der Waals surface area contributed by atoms with E-state index in [9.17, 15) is 9.59 Å². The molecule has 5 rings (SSSR count). The van der Waals surface area contributed by atoms with Gasteiger partial charge in [0.15, 0.2) is 5.78 Å². The molecule has 0 bridgehead atoms. The molecule has 0 saturated heterocycles. The van der Waals surface area contributed by atoms with E-state index in [4.69, 9.17) is 4.74 Å². The maximum absolute atomic E-state index is 13.2. The number of fused-ring (bicyclic) bond motifs is 5. The highest BCUT2D eigenvalue weighted by molar-refractivity contribution is 5.94. The number of aryl methyl sites for hydroxylation is 1. The zero-order valence-electron chi connectivity index (χ0n) is 22.8. The molecule has 4 nitrogen and oxygen atoms in total. The number of benzene rings is 2. The quantitative estimate of drug-likeness (QED) is 0.355. The van der Waals surface area contributed by atoms with Gasteiger partial charge in [-0.3, -0.25) is 9.59 Å². The Balaban J connectivity index is 0.00000320. The van der Waals surface area contributed by atoms with Crippen LogP contribution in [0.3, 0.4) is 0 Å².